The van der Waals surface area contributed by atoms with Gasteiger partial charge in [-0.1, -0.05) is 36.4 Å². The summed E-state index contributed by atoms with van der Waals surface area (Å²) in [5, 5.41) is 0. The molecule has 2 aliphatic heterocycles. The van der Waals surface area contributed by atoms with E-state index < -0.39 is 17.6 Å². The number of thioether (sulfide) groups is 1. The van der Waals surface area contributed by atoms with Crippen LogP contribution in [-0.4, -0.2) is 51.9 Å². The minimum absolute atomic E-state index is 0.0357. The fourth-order valence-electron chi connectivity index (χ4n) is 4.23. The summed E-state index contributed by atoms with van der Waals surface area (Å²) in [7, 11) is 0. The Balaban J connectivity index is 1.42. The molecule has 32 heavy (non-hydrogen) atoms. The number of piperidine rings is 1. The molecule has 2 heterocycles. The van der Waals surface area contributed by atoms with Crippen molar-refractivity contribution in [3.8, 4) is 0 Å². The maximum atomic E-state index is 13.0. The minimum Gasteiger partial charge on any atom is -0.338 e. The first-order valence-electron chi connectivity index (χ1n) is 10.4. The standard InChI is InChI=1S/C24H23F3N2O2S/c25-24(26,27)20-8-4-7-19(17-20)22(31)28-13-11-23(12-14-28)29(15-16-32-23)21(30)10-9-18-5-2-1-3-6-18/h1-10,17H,11-16H2. The Bertz CT molecular complexity index is 1020. The maximum Gasteiger partial charge on any atom is 0.416 e. The number of alkyl halides is 3. The zero-order valence-electron chi connectivity index (χ0n) is 17.3. The third kappa shape index (κ3) is 4.70. The van der Waals surface area contributed by atoms with Gasteiger partial charge in [0, 0.05) is 37.0 Å². The minimum atomic E-state index is -4.49. The molecule has 8 heteroatoms. The van der Waals surface area contributed by atoms with Gasteiger partial charge in [0.2, 0.25) is 5.91 Å². The van der Waals surface area contributed by atoms with Crippen LogP contribution in [0.5, 0.6) is 0 Å². The number of hydrogen-bond acceptors (Lipinski definition) is 3. The molecule has 2 fully saturated rings. The Morgan fingerprint density at radius 2 is 1.69 bits per heavy atom. The van der Waals surface area contributed by atoms with Gasteiger partial charge in [-0.2, -0.15) is 13.2 Å². The van der Waals surface area contributed by atoms with Crippen molar-refractivity contribution in [1.82, 2.24) is 9.80 Å². The van der Waals surface area contributed by atoms with E-state index in [0.29, 0.717) is 32.5 Å². The quantitative estimate of drug-likeness (QED) is 0.610. The number of benzene rings is 2. The third-order valence-corrected chi connectivity index (χ3v) is 7.48. The van der Waals surface area contributed by atoms with E-state index in [1.54, 1.807) is 28.8 Å². The van der Waals surface area contributed by atoms with E-state index in [2.05, 4.69) is 0 Å². The van der Waals surface area contributed by atoms with Gasteiger partial charge in [0.15, 0.2) is 0 Å². The fraction of sp³-hybridized carbons (Fsp3) is 0.333. The van der Waals surface area contributed by atoms with Gasteiger partial charge in [-0.3, -0.25) is 9.59 Å². The molecule has 0 atom stereocenters. The Morgan fingerprint density at radius 1 is 0.969 bits per heavy atom. The van der Waals surface area contributed by atoms with Gasteiger partial charge in [0.05, 0.1) is 10.4 Å². The molecule has 168 valence electrons. The molecule has 0 aromatic heterocycles. The first-order chi connectivity index (χ1) is 15.3. The second-order valence-electron chi connectivity index (χ2n) is 7.90. The maximum absolute atomic E-state index is 13.0. The van der Waals surface area contributed by atoms with Crippen LogP contribution in [-0.2, 0) is 11.0 Å². The first kappa shape index (κ1) is 22.5. The van der Waals surface area contributed by atoms with Gasteiger partial charge >= 0.3 is 6.18 Å². The Kier molecular flexibility index (Phi) is 6.33. The lowest BCUT2D eigenvalue weighted by Gasteiger charge is -2.43. The van der Waals surface area contributed by atoms with Gasteiger partial charge < -0.3 is 9.80 Å². The van der Waals surface area contributed by atoms with Crippen LogP contribution in [0.25, 0.3) is 6.08 Å². The van der Waals surface area contributed by atoms with Crippen LogP contribution in [0.2, 0.25) is 0 Å². The summed E-state index contributed by atoms with van der Waals surface area (Å²) in [6.45, 7) is 1.44. The number of amides is 2. The van der Waals surface area contributed by atoms with Gasteiger partial charge in [-0.25, -0.2) is 0 Å². The van der Waals surface area contributed by atoms with Gasteiger partial charge in [-0.15, -0.1) is 11.8 Å². The number of halogens is 3. The number of hydrogen-bond donors (Lipinski definition) is 0. The molecule has 0 N–H and O–H groups in total. The number of carbonyl (C=O) groups is 2. The number of carbonyl (C=O) groups excluding carboxylic acids is 2. The lowest BCUT2D eigenvalue weighted by molar-refractivity contribution is -0.137. The zero-order chi connectivity index (χ0) is 22.8. The molecular weight excluding hydrogens is 437 g/mol. The van der Waals surface area contributed by atoms with E-state index in [1.807, 2.05) is 35.2 Å². The number of rotatable bonds is 3. The van der Waals surface area contributed by atoms with E-state index in [1.165, 1.54) is 12.1 Å². The topological polar surface area (TPSA) is 40.6 Å². The van der Waals surface area contributed by atoms with Crippen molar-refractivity contribution in [1.29, 1.82) is 0 Å². The molecule has 2 saturated heterocycles. The van der Waals surface area contributed by atoms with E-state index in [4.69, 9.17) is 0 Å². The highest BCUT2D eigenvalue weighted by Gasteiger charge is 2.46. The normalized spacial score (nSPS) is 18.5. The van der Waals surface area contributed by atoms with E-state index in [0.717, 1.165) is 23.4 Å². The average Bonchev–Trinajstić information content (AvgIpc) is 3.20. The summed E-state index contributed by atoms with van der Waals surface area (Å²) >= 11 is 1.72. The van der Waals surface area contributed by atoms with Crippen LogP contribution in [0, 0.1) is 0 Å². The van der Waals surface area contributed by atoms with Crippen molar-refractivity contribution in [2.45, 2.75) is 23.9 Å². The fourth-order valence-corrected chi connectivity index (χ4v) is 5.69. The lowest BCUT2D eigenvalue weighted by Crippen LogP contribution is -2.53. The molecule has 0 radical (unpaired) electrons. The molecule has 2 aromatic rings. The average molecular weight is 461 g/mol. The summed E-state index contributed by atoms with van der Waals surface area (Å²) in [5.41, 5.74) is 0.155. The van der Waals surface area contributed by atoms with E-state index >= 15 is 0 Å². The first-order valence-corrected chi connectivity index (χ1v) is 11.4. The van der Waals surface area contributed by atoms with Crippen molar-refractivity contribution >= 4 is 29.7 Å². The largest absolute Gasteiger partial charge is 0.416 e. The highest BCUT2D eigenvalue weighted by molar-refractivity contribution is 8.00. The Labute approximate surface area is 189 Å². The number of nitrogens with zero attached hydrogens (tertiary/aromatic N) is 2. The van der Waals surface area contributed by atoms with Crippen LogP contribution in [0.4, 0.5) is 13.2 Å². The molecule has 0 aliphatic carbocycles. The van der Waals surface area contributed by atoms with Crippen molar-refractivity contribution in [3.63, 3.8) is 0 Å². The van der Waals surface area contributed by atoms with Gasteiger partial charge in [0.25, 0.3) is 5.91 Å². The van der Waals surface area contributed by atoms with Crippen LogP contribution in [0.15, 0.2) is 60.7 Å². The summed E-state index contributed by atoms with van der Waals surface area (Å²) in [5.74, 6) is 0.360. The summed E-state index contributed by atoms with van der Waals surface area (Å²) < 4.78 is 39.0. The lowest BCUT2D eigenvalue weighted by atomic mass is 10.0. The highest BCUT2D eigenvalue weighted by atomic mass is 32.2. The molecule has 2 amide bonds. The van der Waals surface area contributed by atoms with Crippen molar-refractivity contribution < 1.29 is 22.8 Å². The summed E-state index contributed by atoms with van der Waals surface area (Å²) in [6.07, 6.45) is 0.0753. The second-order valence-corrected chi connectivity index (χ2v) is 9.36. The van der Waals surface area contributed by atoms with Crippen LogP contribution in [0.1, 0.15) is 34.3 Å². The second kappa shape index (κ2) is 9.02. The molecule has 2 aromatic carbocycles. The number of likely N-dealkylation sites (tertiary alicyclic amines) is 1. The monoisotopic (exact) mass is 460 g/mol. The molecule has 1 spiro atoms. The molecule has 2 aliphatic rings. The molecule has 0 bridgehead atoms. The van der Waals surface area contributed by atoms with E-state index in [9.17, 15) is 22.8 Å². The Hall–Kier alpha value is -2.74. The highest BCUT2D eigenvalue weighted by Crippen LogP contribution is 2.44. The van der Waals surface area contributed by atoms with Crippen molar-refractivity contribution in [3.05, 3.63) is 77.4 Å². The summed E-state index contributed by atoms with van der Waals surface area (Å²) in [6, 6.07) is 14.1. The van der Waals surface area contributed by atoms with Gasteiger partial charge in [0.1, 0.15) is 0 Å². The molecule has 0 saturated carbocycles. The SMILES string of the molecule is O=C(c1cccc(C(F)(F)F)c1)N1CCC2(CC1)SCCN2C(=O)C=Cc1ccccc1. The van der Waals surface area contributed by atoms with Crippen LogP contribution in [0.3, 0.4) is 0 Å². The molecular formula is C24H23F3N2O2S. The van der Waals surface area contributed by atoms with Crippen molar-refractivity contribution in [2.75, 3.05) is 25.4 Å². The van der Waals surface area contributed by atoms with Gasteiger partial charge in [-0.05, 0) is 42.7 Å². The van der Waals surface area contributed by atoms with Crippen LogP contribution < -0.4 is 0 Å². The third-order valence-electron chi connectivity index (χ3n) is 5.93. The van der Waals surface area contributed by atoms with Crippen LogP contribution >= 0.6 is 11.8 Å². The smallest absolute Gasteiger partial charge is 0.338 e. The molecule has 4 nitrogen and oxygen atoms in total. The predicted molar refractivity (Wildman–Crippen MR) is 119 cm³/mol. The molecule has 4 rings (SSSR count). The summed E-state index contributed by atoms with van der Waals surface area (Å²) in [4.78, 5) is 28.8. The zero-order valence-corrected chi connectivity index (χ0v) is 18.2. The predicted octanol–water partition coefficient (Wildman–Crippen LogP) is 4.93. The Morgan fingerprint density at radius 3 is 2.38 bits per heavy atom. The van der Waals surface area contributed by atoms with Crippen molar-refractivity contribution in [2.24, 2.45) is 0 Å². The van der Waals surface area contributed by atoms with E-state index in [-0.39, 0.29) is 16.3 Å². The molecule has 0 unspecified atom stereocenters.